The summed E-state index contributed by atoms with van der Waals surface area (Å²) in [6, 6.07) is 21.1. The Morgan fingerprint density at radius 2 is 1.67 bits per heavy atom. The average Bonchev–Trinajstić information content (AvgIpc) is 3.17. The molecule has 0 aliphatic rings. The van der Waals surface area contributed by atoms with Crippen LogP contribution < -0.4 is 10.0 Å². The average molecular weight is 439 g/mol. The summed E-state index contributed by atoms with van der Waals surface area (Å²) >= 11 is 6.04. The van der Waals surface area contributed by atoms with Gasteiger partial charge in [0.2, 0.25) is 0 Å². The second-order valence-electron chi connectivity index (χ2n) is 6.78. The number of benzene rings is 3. The van der Waals surface area contributed by atoms with Gasteiger partial charge in [-0.2, -0.15) is 5.10 Å². The smallest absolute Gasteiger partial charge is 0.261 e. The van der Waals surface area contributed by atoms with Crippen LogP contribution in [0.1, 0.15) is 5.56 Å². The summed E-state index contributed by atoms with van der Waals surface area (Å²) in [5.41, 5.74) is 4.64. The van der Waals surface area contributed by atoms with Crippen LogP contribution in [0.25, 0.3) is 11.3 Å². The second-order valence-corrected chi connectivity index (χ2v) is 8.90. The number of rotatable bonds is 6. The molecule has 4 rings (SSSR count). The van der Waals surface area contributed by atoms with Crippen molar-refractivity contribution in [2.75, 3.05) is 10.0 Å². The van der Waals surface area contributed by atoms with E-state index >= 15 is 0 Å². The zero-order chi connectivity index (χ0) is 21.1. The van der Waals surface area contributed by atoms with E-state index in [9.17, 15) is 8.42 Å². The maximum absolute atomic E-state index is 12.6. The van der Waals surface area contributed by atoms with Crippen molar-refractivity contribution in [3.63, 3.8) is 0 Å². The van der Waals surface area contributed by atoms with E-state index < -0.39 is 10.0 Å². The third-order valence-electron chi connectivity index (χ3n) is 4.49. The van der Waals surface area contributed by atoms with Crippen LogP contribution in [0, 0.1) is 6.92 Å². The minimum atomic E-state index is -3.65. The summed E-state index contributed by atoms with van der Waals surface area (Å²) in [7, 11) is -3.65. The van der Waals surface area contributed by atoms with Gasteiger partial charge in [-0.25, -0.2) is 8.42 Å². The number of aromatic nitrogens is 2. The molecule has 30 heavy (non-hydrogen) atoms. The van der Waals surface area contributed by atoms with E-state index in [-0.39, 0.29) is 4.90 Å². The highest BCUT2D eigenvalue weighted by Gasteiger charge is 2.14. The first-order chi connectivity index (χ1) is 14.4. The third-order valence-corrected chi connectivity index (χ3v) is 6.12. The van der Waals surface area contributed by atoms with Gasteiger partial charge in [0.1, 0.15) is 5.69 Å². The van der Waals surface area contributed by atoms with Crippen LogP contribution in [-0.2, 0) is 10.0 Å². The molecular formula is C22H19ClN4O2S. The van der Waals surface area contributed by atoms with Crippen LogP contribution in [0.5, 0.6) is 0 Å². The number of aryl methyl sites for hydroxylation is 1. The van der Waals surface area contributed by atoms with Crippen molar-refractivity contribution in [1.29, 1.82) is 0 Å². The Balaban J connectivity index is 1.53. The molecule has 0 bridgehead atoms. The first kappa shape index (κ1) is 20.0. The van der Waals surface area contributed by atoms with Gasteiger partial charge >= 0.3 is 0 Å². The summed E-state index contributed by atoms with van der Waals surface area (Å²) in [5, 5.41) is 11.1. The Labute approximate surface area is 180 Å². The van der Waals surface area contributed by atoms with Gasteiger partial charge in [0, 0.05) is 28.2 Å². The Hall–Kier alpha value is -3.29. The van der Waals surface area contributed by atoms with Crippen LogP contribution in [0.4, 0.5) is 17.1 Å². The van der Waals surface area contributed by atoms with Gasteiger partial charge in [0.05, 0.1) is 10.6 Å². The molecule has 0 amide bonds. The molecule has 0 aliphatic heterocycles. The van der Waals surface area contributed by atoms with Crippen molar-refractivity contribution in [2.24, 2.45) is 0 Å². The summed E-state index contributed by atoms with van der Waals surface area (Å²) in [4.78, 5) is 0.220. The van der Waals surface area contributed by atoms with Crippen molar-refractivity contribution < 1.29 is 8.42 Å². The number of hydrogen-bond acceptors (Lipinski definition) is 4. The molecule has 0 saturated heterocycles. The minimum Gasteiger partial charge on any atom is -0.352 e. The fourth-order valence-electron chi connectivity index (χ4n) is 2.95. The highest BCUT2D eigenvalue weighted by atomic mass is 35.5. The van der Waals surface area contributed by atoms with Crippen molar-refractivity contribution in [3.05, 3.63) is 89.6 Å². The topological polar surface area (TPSA) is 86.9 Å². The number of nitrogens with zero attached hydrogens (tertiary/aromatic N) is 1. The van der Waals surface area contributed by atoms with Gasteiger partial charge in [-0.05, 0) is 49.4 Å². The van der Waals surface area contributed by atoms with Crippen LogP contribution in [0.15, 0.2) is 83.9 Å². The molecule has 0 unspecified atom stereocenters. The lowest BCUT2D eigenvalue weighted by Gasteiger charge is -2.10. The van der Waals surface area contributed by atoms with E-state index in [2.05, 4.69) is 20.2 Å². The van der Waals surface area contributed by atoms with Crippen molar-refractivity contribution in [3.8, 4) is 11.3 Å². The predicted octanol–water partition coefficient (Wildman–Crippen LogP) is 5.58. The molecule has 4 aromatic rings. The molecule has 0 aliphatic carbocycles. The monoisotopic (exact) mass is 438 g/mol. The van der Waals surface area contributed by atoms with E-state index in [0.29, 0.717) is 16.4 Å². The van der Waals surface area contributed by atoms with Crippen LogP contribution in [0.3, 0.4) is 0 Å². The quantitative estimate of drug-likeness (QED) is 0.366. The van der Waals surface area contributed by atoms with E-state index in [1.54, 1.807) is 48.7 Å². The molecule has 3 N–H and O–H groups in total. The molecule has 1 aromatic heterocycles. The number of halogens is 1. The zero-order valence-electron chi connectivity index (χ0n) is 16.1. The summed E-state index contributed by atoms with van der Waals surface area (Å²) < 4.78 is 27.7. The molecule has 0 radical (unpaired) electrons. The van der Waals surface area contributed by atoms with Crippen molar-refractivity contribution in [2.45, 2.75) is 11.8 Å². The Bertz CT molecular complexity index is 1270. The molecule has 152 valence electrons. The maximum Gasteiger partial charge on any atom is 0.261 e. The van der Waals surface area contributed by atoms with E-state index in [4.69, 9.17) is 11.6 Å². The maximum atomic E-state index is 12.6. The van der Waals surface area contributed by atoms with Gasteiger partial charge in [0.15, 0.2) is 0 Å². The van der Waals surface area contributed by atoms with E-state index in [1.165, 1.54) is 0 Å². The van der Waals surface area contributed by atoms with Crippen LogP contribution >= 0.6 is 11.6 Å². The van der Waals surface area contributed by atoms with Crippen LogP contribution in [-0.4, -0.2) is 18.6 Å². The van der Waals surface area contributed by atoms with Gasteiger partial charge in [-0.1, -0.05) is 47.5 Å². The molecule has 6 nitrogen and oxygen atoms in total. The number of hydrogen-bond donors (Lipinski definition) is 3. The zero-order valence-corrected chi connectivity index (χ0v) is 17.6. The normalized spacial score (nSPS) is 11.3. The summed E-state index contributed by atoms with van der Waals surface area (Å²) in [5.74, 6) is 0. The van der Waals surface area contributed by atoms with E-state index in [1.807, 2.05) is 37.3 Å². The minimum absolute atomic E-state index is 0.220. The highest BCUT2D eigenvalue weighted by Crippen LogP contribution is 2.30. The molecule has 0 saturated carbocycles. The van der Waals surface area contributed by atoms with Crippen molar-refractivity contribution in [1.82, 2.24) is 10.2 Å². The fraction of sp³-hybridized carbons (Fsp3) is 0.0455. The third kappa shape index (κ3) is 4.48. The first-order valence-electron chi connectivity index (χ1n) is 9.17. The van der Waals surface area contributed by atoms with Crippen LogP contribution in [0.2, 0.25) is 5.02 Å². The number of nitrogens with one attached hydrogen (secondary N) is 3. The number of anilines is 3. The molecule has 3 aromatic carbocycles. The van der Waals surface area contributed by atoms with E-state index in [0.717, 1.165) is 22.5 Å². The van der Waals surface area contributed by atoms with Gasteiger partial charge < -0.3 is 5.32 Å². The molecule has 0 spiro atoms. The predicted molar refractivity (Wildman–Crippen MR) is 121 cm³/mol. The summed E-state index contributed by atoms with van der Waals surface area (Å²) in [6.07, 6.45) is 1.75. The lowest BCUT2D eigenvalue weighted by atomic mass is 10.1. The Morgan fingerprint density at radius 3 is 2.37 bits per heavy atom. The van der Waals surface area contributed by atoms with Gasteiger partial charge in [0.25, 0.3) is 10.0 Å². The molecular weight excluding hydrogens is 420 g/mol. The summed E-state index contributed by atoms with van der Waals surface area (Å²) in [6.45, 7) is 1.91. The largest absolute Gasteiger partial charge is 0.352 e. The number of H-pyrrole nitrogens is 1. The fourth-order valence-corrected chi connectivity index (χ4v) is 4.20. The molecule has 1 heterocycles. The molecule has 0 fully saturated rings. The van der Waals surface area contributed by atoms with Gasteiger partial charge in [-0.3, -0.25) is 9.82 Å². The first-order valence-corrected chi connectivity index (χ1v) is 11.0. The Morgan fingerprint density at radius 1 is 0.933 bits per heavy atom. The lowest BCUT2D eigenvalue weighted by molar-refractivity contribution is 0.601. The molecule has 8 heteroatoms. The highest BCUT2D eigenvalue weighted by molar-refractivity contribution is 7.92. The van der Waals surface area contributed by atoms with Crippen molar-refractivity contribution >= 4 is 38.7 Å². The standard InChI is InChI=1S/C22H19ClN4O2S/c1-15-5-11-20(12-6-15)30(28,29)27-18-9-7-16(8-10-18)22-21(14-24-26-22)25-19-4-2-3-17(23)13-19/h2-14,25,27H,1H3,(H,24,26). The SMILES string of the molecule is Cc1ccc(S(=O)(=O)Nc2ccc(-c3n[nH]cc3Nc3cccc(Cl)c3)cc2)cc1. The van der Waals surface area contributed by atoms with Gasteiger partial charge in [-0.15, -0.1) is 0 Å². The molecule has 0 atom stereocenters. The second kappa shape index (κ2) is 8.22. The Kier molecular flexibility index (Phi) is 5.48. The lowest BCUT2D eigenvalue weighted by Crippen LogP contribution is -2.12. The number of sulfonamides is 1. The number of aromatic amines is 1.